The van der Waals surface area contributed by atoms with Gasteiger partial charge in [-0.1, -0.05) is 41.2 Å². The molecular weight excluding hydrogens is 309 g/mol. The highest BCUT2D eigenvalue weighted by atomic mass is 35.5. The molecule has 0 spiro atoms. The van der Waals surface area contributed by atoms with Crippen LogP contribution >= 0.6 is 11.3 Å². The summed E-state index contributed by atoms with van der Waals surface area (Å²) in [4.78, 5) is 8.24. The van der Waals surface area contributed by atoms with Crippen LogP contribution in [0.2, 0.25) is 0 Å². The fourth-order valence-electron chi connectivity index (χ4n) is 2.40. The van der Waals surface area contributed by atoms with E-state index in [0.29, 0.717) is 5.69 Å². The summed E-state index contributed by atoms with van der Waals surface area (Å²) in [5.74, 6) is 0. The van der Waals surface area contributed by atoms with Gasteiger partial charge in [-0.25, -0.2) is 4.98 Å². The van der Waals surface area contributed by atoms with E-state index in [1.165, 1.54) is 10.5 Å². The molecule has 2 aromatic rings. The second-order valence-corrected chi connectivity index (χ2v) is 6.36. The van der Waals surface area contributed by atoms with E-state index in [2.05, 4.69) is 16.9 Å². The van der Waals surface area contributed by atoms with Crippen LogP contribution in [-0.4, -0.2) is 38.2 Å². The van der Waals surface area contributed by atoms with Crippen molar-refractivity contribution in [3.05, 3.63) is 35.0 Å². The molecule has 1 aromatic carbocycles. The zero-order valence-electron chi connectivity index (χ0n) is 12.2. The molecule has 0 amide bonds. The van der Waals surface area contributed by atoms with E-state index in [9.17, 15) is 4.39 Å². The second kappa shape index (κ2) is 6.73. The molecule has 0 unspecified atom stereocenters. The number of quaternary nitrogens is 1. The molecule has 0 saturated carbocycles. The minimum Gasteiger partial charge on any atom is -1.00 e. The van der Waals surface area contributed by atoms with Crippen molar-refractivity contribution in [2.45, 2.75) is 6.92 Å². The smallest absolute Gasteiger partial charge is 0.206 e. The van der Waals surface area contributed by atoms with Gasteiger partial charge in [-0.3, -0.25) is 0 Å². The van der Waals surface area contributed by atoms with Crippen LogP contribution in [0.5, 0.6) is 0 Å². The Morgan fingerprint density at radius 2 is 1.81 bits per heavy atom. The molecule has 0 bridgehead atoms. The van der Waals surface area contributed by atoms with E-state index < -0.39 is 0 Å². The molecule has 114 valence electrons. The number of rotatable bonds is 2. The maximum absolute atomic E-state index is 14.2. The van der Waals surface area contributed by atoms with Crippen molar-refractivity contribution in [1.82, 2.24) is 4.98 Å². The average molecular weight is 328 g/mol. The summed E-state index contributed by atoms with van der Waals surface area (Å²) < 4.78 is 14.2. The second-order valence-electron chi connectivity index (χ2n) is 5.43. The first kappa shape index (κ1) is 16.2. The Bertz CT molecular complexity index is 591. The predicted octanol–water partition coefficient (Wildman–Crippen LogP) is -1.40. The minimum atomic E-state index is -0.185. The highest BCUT2D eigenvalue weighted by Gasteiger charge is 2.22. The molecule has 6 heteroatoms. The zero-order chi connectivity index (χ0) is 14.1. The summed E-state index contributed by atoms with van der Waals surface area (Å²) in [6.07, 6.45) is 0. The normalized spacial score (nSPS) is 15.9. The fourth-order valence-corrected chi connectivity index (χ4v) is 3.26. The summed E-state index contributed by atoms with van der Waals surface area (Å²) >= 11 is 1.16. The Morgan fingerprint density at radius 3 is 2.43 bits per heavy atom. The highest BCUT2D eigenvalue weighted by molar-refractivity contribution is 7.14. The minimum absolute atomic E-state index is 0. The van der Waals surface area contributed by atoms with Crippen LogP contribution in [0.25, 0.3) is 11.3 Å². The first-order valence-electron chi connectivity index (χ1n) is 6.93. The molecule has 2 heterocycles. The van der Waals surface area contributed by atoms with Gasteiger partial charge in [-0.15, -0.1) is 0 Å². The predicted molar refractivity (Wildman–Crippen MR) is 81.1 cm³/mol. The van der Waals surface area contributed by atoms with E-state index in [1.807, 2.05) is 31.2 Å². The third-order valence-electron chi connectivity index (χ3n) is 3.79. The van der Waals surface area contributed by atoms with Gasteiger partial charge in [0.1, 0.15) is 5.69 Å². The van der Waals surface area contributed by atoms with Crippen molar-refractivity contribution in [3.63, 3.8) is 0 Å². The average Bonchev–Trinajstić information content (AvgIpc) is 2.82. The molecule has 1 saturated heterocycles. The third-order valence-corrected chi connectivity index (χ3v) is 4.69. The monoisotopic (exact) mass is 327 g/mol. The van der Waals surface area contributed by atoms with Crippen LogP contribution in [0.4, 0.5) is 9.52 Å². The van der Waals surface area contributed by atoms with E-state index in [1.54, 1.807) is 0 Å². The van der Waals surface area contributed by atoms with E-state index in [0.717, 1.165) is 48.2 Å². The largest absolute Gasteiger partial charge is 1.00 e. The Morgan fingerprint density at radius 1 is 1.19 bits per heavy atom. The van der Waals surface area contributed by atoms with Crippen LogP contribution < -0.4 is 22.2 Å². The lowest BCUT2D eigenvalue weighted by molar-refractivity contribution is -0.880. The Hall–Kier alpha value is -1.17. The van der Waals surface area contributed by atoms with Crippen LogP contribution in [0.15, 0.2) is 24.3 Å². The molecule has 1 aromatic heterocycles. The Kier molecular flexibility index (Phi) is 5.19. The lowest BCUT2D eigenvalue weighted by atomic mass is 10.1. The molecule has 21 heavy (non-hydrogen) atoms. The molecule has 0 aliphatic carbocycles. The maximum atomic E-state index is 14.2. The quantitative estimate of drug-likeness (QED) is 0.732. The van der Waals surface area contributed by atoms with Gasteiger partial charge >= 0.3 is 0 Å². The SMILES string of the molecule is Cc1ccc(-c2nc(N3CC[NH+](C)CC3)sc2F)cc1.[Cl-]. The number of piperazine rings is 1. The summed E-state index contributed by atoms with van der Waals surface area (Å²) in [6, 6.07) is 7.86. The van der Waals surface area contributed by atoms with Gasteiger partial charge < -0.3 is 22.2 Å². The maximum Gasteiger partial charge on any atom is 0.206 e. The van der Waals surface area contributed by atoms with Crippen LogP contribution in [0, 0.1) is 12.1 Å². The van der Waals surface area contributed by atoms with Gasteiger partial charge in [0.05, 0.1) is 33.2 Å². The Labute approximate surface area is 134 Å². The lowest BCUT2D eigenvalue weighted by Gasteiger charge is -2.29. The zero-order valence-corrected chi connectivity index (χ0v) is 13.8. The molecule has 0 radical (unpaired) electrons. The lowest BCUT2D eigenvalue weighted by Crippen LogP contribution is -3.12. The number of nitrogens with one attached hydrogen (secondary N) is 1. The van der Waals surface area contributed by atoms with Crippen molar-refractivity contribution in [2.24, 2.45) is 0 Å². The van der Waals surface area contributed by atoms with Crippen molar-refractivity contribution in [1.29, 1.82) is 0 Å². The molecule has 0 atom stereocenters. The van der Waals surface area contributed by atoms with E-state index in [-0.39, 0.29) is 17.5 Å². The highest BCUT2D eigenvalue weighted by Crippen LogP contribution is 2.31. The summed E-state index contributed by atoms with van der Waals surface area (Å²) in [7, 11) is 2.19. The summed E-state index contributed by atoms with van der Waals surface area (Å²) in [6.45, 7) is 6.10. The van der Waals surface area contributed by atoms with Crippen molar-refractivity contribution < 1.29 is 21.7 Å². The number of likely N-dealkylation sites (N-methyl/N-ethyl adjacent to an activating group) is 1. The van der Waals surface area contributed by atoms with Gasteiger partial charge in [0, 0.05) is 5.56 Å². The summed E-state index contributed by atoms with van der Waals surface area (Å²) in [5, 5.41) is 0.626. The third kappa shape index (κ3) is 3.54. The first-order valence-corrected chi connectivity index (χ1v) is 7.75. The summed E-state index contributed by atoms with van der Waals surface area (Å²) in [5.41, 5.74) is 2.51. The topological polar surface area (TPSA) is 20.6 Å². The van der Waals surface area contributed by atoms with Crippen molar-refractivity contribution >= 4 is 16.5 Å². The molecule has 1 N–H and O–H groups in total. The van der Waals surface area contributed by atoms with E-state index >= 15 is 0 Å². The van der Waals surface area contributed by atoms with Gasteiger partial charge in [-0.05, 0) is 6.92 Å². The van der Waals surface area contributed by atoms with Crippen LogP contribution in [-0.2, 0) is 0 Å². The number of thiazole rings is 1. The molecule has 1 fully saturated rings. The van der Waals surface area contributed by atoms with Gasteiger partial charge in [0.2, 0.25) is 5.13 Å². The van der Waals surface area contributed by atoms with Gasteiger partial charge in [0.25, 0.3) is 0 Å². The number of hydrogen-bond donors (Lipinski definition) is 1. The van der Waals surface area contributed by atoms with E-state index in [4.69, 9.17) is 0 Å². The Balaban J connectivity index is 0.00000161. The van der Waals surface area contributed by atoms with Gasteiger partial charge in [-0.2, -0.15) is 4.39 Å². The fraction of sp³-hybridized carbons (Fsp3) is 0.400. The molecule has 3 rings (SSSR count). The van der Waals surface area contributed by atoms with Crippen molar-refractivity contribution in [2.75, 3.05) is 38.1 Å². The number of nitrogens with zero attached hydrogens (tertiary/aromatic N) is 2. The number of hydrogen-bond acceptors (Lipinski definition) is 3. The molecular formula is C15H19ClFN3S. The van der Waals surface area contributed by atoms with Crippen LogP contribution in [0.3, 0.4) is 0 Å². The first-order chi connectivity index (χ1) is 9.63. The molecule has 1 aliphatic rings. The number of anilines is 1. The van der Waals surface area contributed by atoms with Crippen LogP contribution in [0.1, 0.15) is 5.56 Å². The van der Waals surface area contributed by atoms with Crippen molar-refractivity contribution in [3.8, 4) is 11.3 Å². The molecule has 1 aliphatic heterocycles. The van der Waals surface area contributed by atoms with Gasteiger partial charge in [0.15, 0.2) is 5.13 Å². The number of benzene rings is 1. The standard InChI is InChI=1S/C15H18FN3S.ClH/c1-11-3-5-12(6-4-11)13-14(16)20-15(17-13)19-9-7-18(2)8-10-19;/h3-6H,7-10H2,1-2H3;1H. The number of halogens is 2. The molecule has 3 nitrogen and oxygen atoms in total. The number of aryl methyl sites for hydroxylation is 1. The number of aromatic nitrogens is 1.